The van der Waals surface area contributed by atoms with Crippen molar-refractivity contribution in [2.45, 2.75) is 26.3 Å². The molecule has 4 nitrogen and oxygen atoms in total. The van der Waals surface area contributed by atoms with E-state index >= 15 is 0 Å². The van der Waals surface area contributed by atoms with Crippen molar-refractivity contribution < 1.29 is 9.21 Å². The van der Waals surface area contributed by atoms with E-state index in [4.69, 9.17) is 4.42 Å². The van der Waals surface area contributed by atoms with E-state index < -0.39 is 0 Å². The summed E-state index contributed by atoms with van der Waals surface area (Å²) < 4.78 is 6.88. The van der Waals surface area contributed by atoms with Gasteiger partial charge in [-0.1, -0.05) is 15.9 Å². The fourth-order valence-electron chi connectivity index (χ4n) is 2.02. The van der Waals surface area contributed by atoms with Gasteiger partial charge in [0.15, 0.2) is 0 Å². The number of amides is 1. The molecule has 0 unspecified atom stereocenters. The predicted molar refractivity (Wildman–Crippen MR) is 83.6 cm³/mol. The molecular weight excluding hydrogens is 320 g/mol. The summed E-state index contributed by atoms with van der Waals surface area (Å²) in [6.45, 7) is 5.14. The van der Waals surface area contributed by atoms with Crippen LogP contribution in [0.15, 0.2) is 33.2 Å². The highest BCUT2D eigenvalue weighted by molar-refractivity contribution is 9.10. The van der Waals surface area contributed by atoms with E-state index in [1.165, 1.54) is 6.92 Å². The van der Waals surface area contributed by atoms with Gasteiger partial charge in [-0.05, 0) is 44.2 Å². The van der Waals surface area contributed by atoms with Crippen molar-refractivity contribution in [1.29, 1.82) is 0 Å². The first-order valence-corrected chi connectivity index (χ1v) is 7.52. The Morgan fingerprint density at radius 3 is 2.90 bits per heavy atom. The van der Waals surface area contributed by atoms with Crippen LogP contribution in [0.5, 0.6) is 0 Å². The average Bonchev–Trinajstić information content (AvgIpc) is 2.80. The molecule has 1 amide bonds. The molecule has 0 saturated carbocycles. The third-order valence-electron chi connectivity index (χ3n) is 3.10. The Balaban J connectivity index is 1.87. The van der Waals surface area contributed by atoms with Crippen LogP contribution in [0.1, 0.15) is 32.1 Å². The molecule has 108 valence electrons. The summed E-state index contributed by atoms with van der Waals surface area (Å²) in [5.41, 5.74) is 0.898. The lowest BCUT2D eigenvalue weighted by Gasteiger charge is -2.11. The van der Waals surface area contributed by atoms with Gasteiger partial charge in [0.05, 0.1) is 6.04 Å². The van der Waals surface area contributed by atoms with E-state index in [1.807, 2.05) is 18.2 Å². The molecule has 0 spiro atoms. The molecule has 0 bridgehead atoms. The molecule has 2 aromatic rings. The van der Waals surface area contributed by atoms with Crippen LogP contribution >= 0.6 is 15.9 Å². The van der Waals surface area contributed by atoms with Crippen LogP contribution in [0, 0.1) is 0 Å². The summed E-state index contributed by atoms with van der Waals surface area (Å²) in [7, 11) is 0. The number of furan rings is 1. The fourth-order valence-corrected chi connectivity index (χ4v) is 2.40. The minimum atomic E-state index is 0.0147. The average molecular weight is 339 g/mol. The number of hydrogen-bond donors (Lipinski definition) is 2. The third kappa shape index (κ3) is 4.08. The highest BCUT2D eigenvalue weighted by Gasteiger charge is 2.10. The zero-order chi connectivity index (χ0) is 14.5. The molecule has 20 heavy (non-hydrogen) atoms. The monoisotopic (exact) mass is 338 g/mol. The number of hydrogen-bond acceptors (Lipinski definition) is 3. The van der Waals surface area contributed by atoms with Crippen molar-refractivity contribution >= 4 is 32.8 Å². The topological polar surface area (TPSA) is 54.3 Å². The minimum absolute atomic E-state index is 0.0147. The van der Waals surface area contributed by atoms with Crippen molar-refractivity contribution in [3.63, 3.8) is 0 Å². The number of halogens is 1. The Hall–Kier alpha value is -1.33. The summed E-state index contributed by atoms with van der Waals surface area (Å²) >= 11 is 3.46. The number of benzene rings is 1. The second kappa shape index (κ2) is 6.90. The SMILES string of the molecule is CC(=O)NCCCN[C@H](C)c1cc2cc(Br)ccc2o1. The van der Waals surface area contributed by atoms with Gasteiger partial charge in [-0.3, -0.25) is 4.79 Å². The molecule has 1 aromatic carbocycles. The van der Waals surface area contributed by atoms with Crippen LogP contribution in [0.4, 0.5) is 0 Å². The lowest BCUT2D eigenvalue weighted by molar-refractivity contribution is -0.118. The zero-order valence-electron chi connectivity index (χ0n) is 11.7. The zero-order valence-corrected chi connectivity index (χ0v) is 13.3. The maximum Gasteiger partial charge on any atom is 0.216 e. The Morgan fingerprint density at radius 2 is 2.15 bits per heavy atom. The Bertz CT molecular complexity index is 595. The van der Waals surface area contributed by atoms with Crippen LogP contribution in [0.3, 0.4) is 0 Å². The lowest BCUT2D eigenvalue weighted by atomic mass is 10.2. The summed E-state index contributed by atoms with van der Waals surface area (Å²) in [6, 6.07) is 8.20. The standard InChI is InChI=1S/C15H19BrN2O2/c1-10(17-6-3-7-18-11(2)19)15-9-12-8-13(16)4-5-14(12)20-15/h4-5,8-10,17H,3,6-7H2,1-2H3,(H,18,19)/t10-/m1/s1. The molecule has 0 fully saturated rings. The first-order valence-electron chi connectivity index (χ1n) is 6.73. The van der Waals surface area contributed by atoms with Crippen molar-refractivity contribution in [2.24, 2.45) is 0 Å². The van der Waals surface area contributed by atoms with Crippen molar-refractivity contribution in [3.05, 3.63) is 34.5 Å². The van der Waals surface area contributed by atoms with Gasteiger partial charge < -0.3 is 15.1 Å². The maximum atomic E-state index is 10.7. The summed E-state index contributed by atoms with van der Waals surface area (Å²) in [4.78, 5) is 10.7. The van der Waals surface area contributed by atoms with Gasteiger partial charge in [-0.2, -0.15) is 0 Å². The van der Waals surface area contributed by atoms with Crippen LogP contribution in [-0.2, 0) is 4.79 Å². The van der Waals surface area contributed by atoms with Crippen LogP contribution in [-0.4, -0.2) is 19.0 Å². The molecule has 1 heterocycles. The van der Waals surface area contributed by atoms with Gasteiger partial charge in [-0.25, -0.2) is 0 Å². The number of carbonyl (C=O) groups is 1. The van der Waals surface area contributed by atoms with Crippen LogP contribution in [0.2, 0.25) is 0 Å². The van der Waals surface area contributed by atoms with Crippen molar-refractivity contribution in [3.8, 4) is 0 Å². The molecule has 0 aliphatic heterocycles. The van der Waals surface area contributed by atoms with E-state index in [9.17, 15) is 4.79 Å². The Morgan fingerprint density at radius 1 is 1.35 bits per heavy atom. The van der Waals surface area contributed by atoms with E-state index in [0.717, 1.165) is 34.2 Å². The number of fused-ring (bicyclic) bond motifs is 1. The molecule has 1 aromatic heterocycles. The Kier molecular flexibility index (Phi) is 5.20. The largest absolute Gasteiger partial charge is 0.459 e. The third-order valence-corrected chi connectivity index (χ3v) is 3.60. The molecular formula is C15H19BrN2O2. The summed E-state index contributed by atoms with van der Waals surface area (Å²) in [5, 5.41) is 7.27. The van der Waals surface area contributed by atoms with Gasteiger partial charge in [-0.15, -0.1) is 0 Å². The smallest absolute Gasteiger partial charge is 0.216 e. The van der Waals surface area contributed by atoms with E-state index in [1.54, 1.807) is 0 Å². The van der Waals surface area contributed by atoms with Crippen molar-refractivity contribution in [1.82, 2.24) is 10.6 Å². The lowest BCUT2D eigenvalue weighted by Crippen LogP contribution is -2.26. The molecule has 0 saturated heterocycles. The highest BCUT2D eigenvalue weighted by atomic mass is 79.9. The van der Waals surface area contributed by atoms with Gasteiger partial charge in [0.2, 0.25) is 5.91 Å². The number of carbonyl (C=O) groups excluding carboxylic acids is 1. The number of rotatable bonds is 6. The summed E-state index contributed by atoms with van der Waals surface area (Å²) in [5.74, 6) is 0.943. The normalized spacial score (nSPS) is 12.6. The maximum absolute atomic E-state index is 10.7. The highest BCUT2D eigenvalue weighted by Crippen LogP contribution is 2.26. The quantitative estimate of drug-likeness (QED) is 0.794. The second-order valence-electron chi connectivity index (χ2n) is 4.84. The van der Waals surface area contributed by atoms with Gasteiger partial charge >= 0.3 is 0 Å². The van der Waals surface area contributed by atoms with Gasteiger partial charge in [0.25, 0.3) is 0 Å². The summed E-state index contributed by atoms with van der Waals surface area (Å²) in [6.07, 6.45) is 0.899. The van der Waals surface area contributed by atoms with Crippen LogP contribution in [0.25, 0.3) is 11.0 Å². The number of nitrogens with one attached hydrogen (secondary N) is 2. The van der Waals surface area contributed by atoms with Crippen molar-refractivity contribution in [2.75, 3.05) is 13.1 Å². The van der Waals surface area contributed by atoms with E-state index in [0.29, 0.717) is 6.54 Å². The molecule has 1 atom stereocenters. The molecule has 5 heteroatoms. The molecule has 0 aliphatic carbocycles. The van der Waals surface area contributed by atoms with E-state index in [2.05, 4.69) is 39.6 Å². The molecule has 2 rings (SSSR count). The first-order chi connectivity index (χ1) is 9.56. The predicted octanol–water partition coefficient (Wildman–Crippen LogP) is 3.37. The molecule has 2 N–H and O–H groups in total. The second-order valence-corrected chi connectivity index (χ2v) is 5.76. The van der Waals surface area contributed by atoms with Crippen LogP contribution < -0.4 is 10.6 Å². The van der Waals surface area contributed by atoms with E-state index in [-0.39, 0.29) is 11.9 Å². The molecule has 0 aliphatic rings. The first kappa shape index (κ1) is 15.1. The fraction of sp³-hybridized carbons (Fsp3) is 0.400. The molecule has 0 radical (unpaired) electrons. The van der Waals surface area contributed by atoms with Gasteiger partial charge in [0, 0.05) is 23.3 Å². The minimum Gasteiger partial charge on any atom is -0.459 e. The van der Waals surface area contributed by atoms with Gasteiger partial charge in [0.1, 0.15) is 11.3 Å². The Labute approximate surface area is 127 Å².